The zero-order chi connectivity index (χ0) is 24.1. The Morgan fingerprint density at radius 3 is 2.85 bits per heavy atom. The van der Waals surface area contributed by atoms with Crippen molar-refractivity contribution in [1.29, 1.82) is 0 Å². The molecule has 2 aromatic carbocycles. The van der Waals surface area contributed by atoms with Crippen LogP contribution in [0.3, 0.4) is 0 Å². The van der Waals surface area contributed by atoms with Crippen LogP contribution in [0.4, 0.5) is 13.9 Å². The molecule has 0 radical (unpaired) electrons. The average molecular weight is 505 g/mol. The van der Waals surface area contributed by atoms with Gasteiger partial charge in [0.1, 0.15) is 11.6 Å². The Labute approximate surface area is 202 Å². The Morgan fingerprint density at radius 2 is 2.09 bits per heavy atom. The molecule has 2 aliphatic rings. The first-order valence-electron chi connectivity index (χ1n) is 10.5. The number of anilines is 1. The van der Waals surface area contributed by atoms with Crippen LogP contribution in [0.15, 0.2) is 30.9 Å². The highest BCUT2D eigenvalue weighted by atomic mass is 35.5. The third-order valence-electron chi connectivity index (χ3n) is 6.11. The summed E-state index contributed by atoms with van der Waals surface area (Å²) in [5, 5.41) is 0.0393. The topological polar surface area (TPSA) is 88.8 Å². The van der Waals surface area contributed by atoms with E-state index in [9.17, 15) is 14.0 Å². The fourth-order valence-corrected chi connectivity index (χ4v) is 5.60. The molecule has 2 N–H and O–H groups in total. The zero-order valence-corrected chi connectivity index (χ0v) is 19.4. The number of nitrogens with zero attached hydrogens (tertiary/aromatic N) is 3. The molecule has 5 rings (SSSR count). The van der Waals surface area contributed by atoms with Crippen LogP contribution in [0.5, 0.6) is 5.75 Å². The standard InChI is InChI=1S/C23H19ClF2N4O3S/c1-2-16(31)29-6-7-30-11(10-29)5-8-33-20-13(22(30)32)9-15(26)17(18(20)24)12-3-4-14(25)21-19(12)28-23(27)34-21/h2-4,9,11H,1,5-8,10H2,(H2,27,28)/t11-/m0/s1. The van der Waals surface area contributed by atoms with Crippen molar-refractivity contribution >= 4 is 50.1 Å². The quantitative estimate of drug-likeness (QED) is 0.531. The van der Waals surface area contributed by atoms with Crippen molar-refractivity contribution < 1.29 is 23.1 Å². The van der Waals surface area contributed by atoms with Crippen molar-refractivity contribution in [3.05, 3.63) is 53.1 Å². The monoisotopic (exact) mass is 504 g/mol. The lowest BCUT2D eigenvalue weighted by molar-refractivity contribution is -0.128. The maximum atomic E-state index is 15.5. The molecule has 1 aromatic heterocycles. The van der Waals surface area contributed by atoms with Crippen LogP contribution in [0.2, 0.25) is 5.02 Å². The number of carbonyl (C=O) groups excluding carboxylic acids is 2. The molecule has 34 heavy (non-hydrogen) atoms. The number of amides is 2. The molecule has 0 spiro atoms. The van der Waals surface area contributed by atoms with Crippen molar-refractivity contribution in [2.45, 2.75) is 12.5 Å². The predicted molar refractivity (Wildman–Crippen MR) is 126 cm³/mol. The Hall–Kier alpha value is -3.24. The van der Waals surface area contributed by atoms with Gasteiger partial charge < -0.3 is 20.3 Å². The average Bonchev–Trinajstić information content (AvgIpc) is 3.22. The van der Waals surface area contributed by atoms with E-state index in [1.807, 2.05) is 0 Å². The summed E-state index contributed by atoms with van der Waals surface area (Å²) in [6.07, 6.45) is 1.70. The first kappa shape index (κ1) is 22.5. The van der Waals surface area contributed by atoms with Gasteiger partial charge in [-0.05, 0) is 24.3 Å². The van der Waals surface area contributed by atoms with Gasteiger partial charge in [0, 0.05) is 37.2 Å². The van der Waals surface area contributed by atoms with Gasteiger partial charge in [-0.15, -0.1) is 0 Å². The third-order valence-corrected chi connectivity index (χ3v) is 7.37. The van der Waals surface area contributed by atoms with Crippen molar-refractivity contribution in [2.24, 2.45) is 0 Å². The summed E-state index contributed by atoms with van der Waals surface area (Å²) in [6, 6.07) is 3.38. The highest BCUT2D eigenvalue weighted by Crippen LogP contribution is 2.44. The molecular weight excluding hydrogens is 486 g/mol. The van der Waals surface area contributed by atoms with Gasteiger partial charge in [-0.3, -0.25) is 9.59 Å². The van der Waals surface area contributed by atoms with E-state index in [1.165, 1.54) is 18.2 Å². The maximum absolute atomic E-state index is 15.5. The third kappa shape index (κ3) is 3.57. The fraction of sp³-hybridized carbons (Fsp3) is 0.261. The number of hydrogen-bond donors (Lipinski definition) is 1. The van der Waals surface area contributed by atoms with Gasteiger partial charge in [0.15, 0.2) is 10.9 Å². The number of halogens is 3. The Morgan fingerprint density at radius 1 is 1.29 bits per heavy atom. The van der Waals surface area contributed by atoms with Gasteiger partial charge >= 0.3 is 0 Å². The normalized spacial score (nSPS) is 18.1. The van der Waals surface area contributed by atoms with Crippen LogP contribution in [-0.4, -0.2) is 58.9 Å². The van der Waals surface area contributed by atoms with E-state index in [1.54, 1.807) is 9.80 Å². The van der Waals surface area contributed by atoms with E-state index >= 15 is 4.39 Å². The predicted octanol–water partition coefficient (Wildman–Crippen LogP) is 4.10. The number of thiazole rings is 1. The summed E-state index contributed by atoms with van der Waals surface area (Å²) in [6.45, 7) is 4.68. The molecule has 1 fully saturated rings. The lowest BCUT2D eigenvalue weighted by Gasteiger charge is -2.42. The molecule has 7 nitrogen and oxygen atoms in total. The molecule has 2 aliphatic heterocycles. The van der Waals surface area contributed by atoms with Crippen molar-refractivity contribution in [2.75, 3.05) is 32.0 Å². The van der Waals surface area contributed by atoms with Crippen molar-refractivity contribution in [1.82, 2.24) is 14.8 Å². The van der Waals surface area contributed by atoms with Crippen LogP contribution in [0, 0.1) is 11.6 Å². The summed E-state index contributed by atoms with van der Waals surface area (Å²) >= 11 is 7.56. The number of nitrogens with two attached hydrogens (primary N) is 1. The second-order valence-electron chi connectivity index (χ2n) is 8.03. The Balaban J connectivity index is 1.58. The molecule has 0 bridgehead atoms. The summed E-state index contributed by atoms with van der Waals surface area (Å²) < 4.78 is 35.8. The molecule has 1 atom stereocenters. The molecule has 1 saturated heterocycles. The molecule has 176 valence electrons. The van der Waals surface area contributed by atoms with E-state index in [-0.39, 0.29) is 61.4 Å². The minimum absolute atomic E-state index is 0.00408. The highest BCUT2D eigenvalue weighted by Gasteiger charge is 2.36. The molecule has 3 aromatic rings. The van der Waals surface area contributed by atoms with E-state index in [0.29, 0.717) is 26.1 Å². The molecule has 11 heteroatoms. The van der Waals surface area contributed by atoms with E-state index in [0.717, 1.165) is 17.4 Å². The summed E-state index contributed by atoms with van der Waals surface area (Å²) in [5.74, 6) is -1.87. The van der Waals surface area contributed by atoms with Crippen LogP contribution in [0.25, 0.3) is 21.3 Å². The largest absolute Gasteiger partial charge is 0.491 e. The maximum Gasteiger partial charge on any atom is 0.258 e. The zero-order valence-electron chi connectivity index (χ0n) is 17.8. The number of fused-ring (bicyclic) bond motifs is 3. The van der Waals surface area contributed by atoms with Gasteiger partial charge in [0.25, 0.3) is 5.91 Å². The summed E-state index contributed by atoms with van der Waals surface area (Å²) in [5.41, 5.74) is 6.15. The van der Waals surface area contributed by atoms with Crippen LogP contribution in [0.1, 0.15) is 16.8 Å². The lowest BCUT2D eigenvalue weighted by atomic mass is 9.98. The molecule has 2 amide bonds. The molecular formula is C23H19ClF2N4O3S. The summed E-state index contributed by atoms with van der Waals surface area (Å²) in [7, 11) is 0. The van der Waals surface area contributed by atoms with Gasteiger partial charge in [-0.1, -0.05) is 29.5 Å². The van der Waals surface area contributed by atoms with Crippen LogP contribution in [-0.2, 0) is 4.79 Å². The Bertz CT molecular complexity index is 1360. The van der Waals surface area contributed by atoms with Crippen LogP contribution < -0.4 is 10.5 Å². The number of aromatic nitrogens is 1. The molecule has 0 aliphatic carbocycles. The van der Waals surface area contributed by atoms with Crippen LogP contribution >= 0.6 is 22.9 Å². The van der Waals surface area contributed by atoms with E-state index in [2.05, 4.69) is 11.6 Å². The Kier molecular flexibility index (Phi) is 5.65. The van der Waals surface area contributed by atoms with Gasteiger partial charge in [0.2, 0.25) is 5.91 Å². The second kappa shape index (κ2) is 8.52. The van der Waals surface area contributed by atoms with E-state index < -0.39 is 17.5 Å². The number of rotatable bonds is 2. The second-order valence-corrected chi connectivity index (χ2v) is 9.44. The summed E-state index contributed by atoms with van der Waals surface area (Å²) in [4.78, 5) is 32.8. The SMILES string of the molecule is C=CC(=O)N1CCN2C(=O)c3cc(F)c(-c4ccc(F)c5sc(N)nc45)c(Cl)c3OCC[C@H]2C1. The molecule has 0 unspecified atom stereocenters. The first-order valence-corrected chi connectivity index (χ1v) is 11.7. The van der Waals surface area contributed by atoms with E-state index in [4.69, 9.17) is 22.1 Å². The van der Waals surface area contributed by atoms with Gasteiger partial charge in [-0.2, -0.15) is 0 Å². The number of nitrogen functional groups attached to an aromatic ring is 1. The van der Waals surface area contributed by atoms with Gasteiger partial charge in [-0.25, -0.2) is 13.8 Å². The fourth-order valence-electron chi connectivity index (χ4n) is 4.49. The minimum Gasteiger partial charge on any atom is -0.491 e. The first-order chi connectivity index (χ1) is 16.3. The molecule has 0 saturated carbocycles. The minimum atomic E-state index is -0.766. The smallest absolute Gasteiger partial charge is 0.258 e. The number of ether oxygens (including phenoxy) is 1. The number of hydrogen-bond acceptors (Lipinski definition) is 6. The highest BCUT2D eigenvalue weighted by molar-refractivity contribution is 7.22. The van der Waals surface area contributed by atoms with Crippen molar-refractivity contribution in [3.63, 3.8) is 0 Å². The number of piperazine rings is 1. The number of benzene rings is 2. The van der Waals surface area contributed by atoms with Gasteiger partial charge in [0.05, 0.1) is 33.5 Å². The lowest BCUT2D eigenvalue weighted by Crippen LogP contribution is -2.57. The van der Waals surface area contributed by atoms with Crippen molar-refractivity contribution in [3.8, 4) is 16.9 Å². The molecule has 3 heterocycles. The number of carbonyl (C=O) groups is 2.